The van der Waals surface area contributed by atoms with Crippen molar-refractivity contribution in [1.29, 1.82) is 0 Å². The standard InChI is InChI=1S/C14H19N3O/c1-10-5-6-12(9-11(10)2)17-13(18)15-14(16-17)7-3-4-8-14/h5-6,9,16H,3-4,7-8H2,1-2H3,(H,15,18). The Balaban J connectivity index is 1.88. The molecule has 1 heterocycles. The van der Waals surface area contributed by atoms with Crippen LogP contribution in [0.2, 0.25) is 0 Å². The molecule has 4 heteroatoms. The molecule has 1 spiro atoms. The van der Waals surface area contributed by atoms with Gasteiger partial charge in [0.15, 0.2) is 0 Å². The zero-order valence-electron chi connectivity index (χ0n) is 10.9. The Hall–Kier alpha value is -1.55. The minimum Gasteiger partial charge on any atom is -0.317 e. The summed E-state index contributed by atoms with van der Waals surface area (Å²) >= 11 is 0. The predicted molar refractivity (Wildman–Crippen MR) is 71.3 cm³/mol. The number of benzene rings is 1. The van der Waals surface area contributed by atoms with Crippen LogP contribution in [0.1, 0.15) is 36.8 Å². The van der Waals surface area contributed by atoms with Gasteiger partial charge in [-0.3, -0.25) is 0 Å². The van der Waals surface area contributed by atoms with E-state index in [0.29, 0.717) is 0 Å². The number of carbonyl (C=O) groups excluding carboxylic acids is 1. The number of amides is 2. The van der Waals surface area contributed by atoms with E-state index < -0.39 is 0 Å². The second-order valence-corrected chi connectivity index (χ2v) is 5.44. The van der Waals surface area contributed by atoms with Gasteiger partial charge < -0.3 is 5.32 Å². The summed E-state index contributed by atoms with van der Waals surface area (Å²) in [6.07, 6.45) is 4.38. The normalized spacial score (nSPS) is 21.7. The highest BCUT2D eigenvalue weighted by Crippen LogP contribution is 2.32. The average molecular weight is 245 g/mol. The van der Waals surface area contributed by atoms with Gasteiger partial charge in [-0.25, -0.2) is 15.2 Å². The molecule has 1 aliphatic heterocycles. The molecule has 18 heavy (non-hydrogen) atoms. The van der Waals surface area contributed by atoms with Gasteiger partial charge in [-0.05, 0) is 62.8 Å². The third-order valence-electron chi connectivity index (χ3n) is 4.08. The molecule has 0 unspecified atom stereocenters. The Bertz CT molecular complexity index is 492. The molecule has 4 nitrogen and oxygen atoms in total. The lowest BCUT2D eigenvalue weighted by molar-refractivity contribution is 0.246. The molecule has 0 atom stereocenters. The molecule has 1 aliphatic carbocycles. The van der Waals surface area contributed by atoms with Crippen LogP contribution in [0.25, 0.3) is 0 Å². The lowest BCUT2D eigenvalue weighted by atomic mass is 10.1. The number of nitrogens with zero attached hydrogens (tertiary/aromatic N) is 1. The molecule has 2 fully saturated rings. The van der Waals surface area contributed by atoms with E-state index in [2.05, 4.69) is 36.7 Å². The number of urea groups is 1. The number of nitrogens with one attached hydrogen (secondary N) is 2. The van der Waals surface area contributed by atoms with E-state index in [-0.39, 0.29) is 11.7 Å². The van der Waals surface area contributed by atoms with Gasteiger partial charge in [0.1, 0.15) is 5.66 Å². The van der Waals surface area contributed by atoms with E-state index >= 15 is 0 Å². The van der Waals surface area contributed by atoms with Gasteiger partial charge in [0.2, 0.25) is 0 Å². The van der Waals surface area contributed by atoms with Crippen molar-refractivity contribution in [2.24, 2.45) is 0 Å². The predicted octanol–water partition coefficient (Wildman–Crippen LogP) is 2.61. The summed E-state index contributed by atoms with van der Waals surface area (Å²) in [5.41, 5.74) is 6.52. The van der Waals surface area contributed by atoms with E-state index in [9.17, 15) is 4.79 Å². The van der Waals surface area contributed by atoms with Crippen molar-refractivity contribution in [1.82, 2.24) is 10.7 Å². The summed E-state index contributed by atoms with van der Waals surface area (Å²) in [6, 6.07) is 6.05. The first-order chi connectivity index (χ1) is 8.60. The number of hydrogen-bond donors (Lipinski definition) is 2. The fourth-order valence-electron chi connectivity index (χ4n) is 2.82. The van der Waals surface area contributed by atoms with Crippen LogP contribution < -0.4 is 15.8 Å². The van der Waals surface area contributed by atoms with E-state index in [0.717, 1.165) is 18.5 Å². The first-order valence-electron chi connectivity index (χ1n) is 6.57. The first-order valence-corrected chi connectivity index (χ1v) is 6.57. The molecule has 1 aromatic carbocycles. The van der Waals surface area contributed by atoms with Crippen LogP contribution >= 0.6 is 0 Å². The summed E-state index contributed by atoms with van der Waals surface area (Å²) in [4.78, 5) is 12.1. The third-order valence-corrected chi connectivity index (χ3v) is 4.08. The highest BCUT2D eigenvalue weighted by molar-refractivity contribution is 5.94. The van der Waals surface area contributed by atoms with E-state index in [1.165, 1.54) is 24.0 Å². The van der Waals surface area contributed by atoms with Crippen LogP contribution in [0.3, 0.4) is 0 Å². The summed E-state index contributed by atoms with van der Waals surface area (Å²) in [7, 11) is 0. The highest BCUT2D eigenvalue weighted by Gasteiger charge is 2.44. The molecule has 1 saturated heterocycles. The van der Waals surface area contributed by atoms with Crippen LogP contribution in [-0.2, 0) is 0 Å². The molecule has 96 valence electrons. The maximum absolute atomic E-state index is 12.1. The molecule has 0 aromatic heterocycles. The lowest BCUT2D eigenvalue weighted by Crippen LogP contribution is -2.48. The second kappa shape index (κ2) is 3.99. The number of anilines is 1. The Morgan fingerprint density at radius 3 is 2.56 bits per heavy atom. The fourth-order valence-corrected chi connectivity index (χ4v) is 2.82. The van der Waals surface area contributed by atoms with E-state index in [4.69, 9.17) is 0 Å². The number of carbonyl (C=O) groups is 1. The minimum atomic E-state index is -0.199. The van der Waals surface area contributed by atoms with Crippen molar-refractivity contribution < 1.29 is 4.79 Å². The third kappa shape index (κ3) is 1.77. The largest absolute Gasteiger partial charge is 0.338 e. The summed E-state index contributed by atoms with van der Waals surface area (Å²) in [5.74, 6) is 0. The van der Waals surface area contributed by atoms with Gasteiger partial charge in [-0.2, -0.15) is 0 Å². The number of hydrazine groups is 1. The van der Waals surface area contributed by atoms with Crippen LogP contribution in [0.4, 0.5) is 10.5 Å². The van der Waals surface area contributed by atoms with Crippen LogP contribution in [0, 0.1) is 13.8 Å². The number of rotatable bonds is 1. The molecule has 2 aliphatic rings. The Kier molecular flexibility index (Phi) is 2.55. The van der Waals surface area contributed by atoms with Crippen LogP contribution in [0.15, 0.2) is 18.2 Å². The SMILES string of the molecule is Cc1ccc(N2NC3(CCCC3)NC2=O)cc1C. The summed E-state index contributed by atoms with van der Waals surface area (Å²) < 4.78 is 0. The maximum Gasteiger partial charge on any atom is 0.338 e. The molecular formula is C14H19N3O. The fraction of sp³-hybridized carbons (Fsp3) is 0.500. The second-order valence-electron chi connectivity index (χ2n) is 5.44. The highest BCUT2D eigenvalue weighted by atomic mass is 16.2. The molecule has 2 N–H and O–H groups in total. The summed E-state index contributed by atoms with van der Waals surface area (Å²) in [6.45, 7) is 4.15. The maximum atomic E-state index is 12.1. The van der Waals surface area contributed by atoms with Gasteiger partial charge in [-0.1, -0.05) is 6.07 Å². The van der Waals surface area contributed by atoms with Crippen LogP contribution in [0.5, 0.6) is 0 Å². The average Bonchev–Trinajstić information content (AvgIpc) is 2.91. The first kappa shape index (κ1) is 11.5. The topological polar surface area (TPSA) is 44.4 Å². The number of aryl methyl sites for hydroxylation is 2. The smallest absolute Gasteiger partial charge is 0.317 e. The minimum absolute atomic E-state index is 0.0415. The Labute approximate surface area is 107 Å². The van der Waals surface area contributed by atoms with Gasteiger partial charge in [0.25, 0.3) is 0 Å². The van der Waals surface area contributed by atoms with Gasteiger partial charge in [0.05, 0.1) is 5.69 Å². The summed E-state index contributed by atoms with van der Waals surface area (Å²) in [5, 5.41) is 4.74. The van der Waals surface area contributed by atoms with Crippen molar-refractivity contribution in [3.8, 4) is 0 Å². The van der Waals surface area contributed by atoms with Crippen molar-refractivity contribution >= 4 is 11.7 Å². The van der Waals surface area contributed by atoms with Crippen molar-refractivity contribution in [2.75, 3.05) is 5.01 Å². The quantitative estimate of drug-likeness (QED) is 0.798. The molecule has 0 radical (unpaired) electrons. The monoisotopic (exact) mass is 245 g/mol. The zero-order chi connectivity index (χ0) is 12.8. The molecule has 3 rings (SSSR count). The molecule has 0 bridgehead atoms. The van der Waals surface area contributed by atoms with Crippen LogP contribution in [-0.4, -0.2) is 11.7 Å². The lowest BCUT2D eigenvalue weighted by Gasteiger charge is -2.24. The van der Waals surface area contributed by atoms with E-state index in [1.54, 1.807) is 5.01 Å². The Morgan fingerprint density at radius 2 is 1.89 bits per heavy atom. The number of hydrogen-bond acceptors (Lipinski definition) is 2. The molecular weight excluding hydrogens is 226 g/mol. The van der Waals surface area contributed by atoms with Gasteiger partial charge in [-0.15, -0.1) is 0 Å². The van der Waals surface area contributed by atoms with Crippen molar-refractivity contribution in [3.63, 3.8) is 0 Å². The van der Waals surface area contributed by atoms with Crippen molar-refractivity contribution in [3.05, 3.63) is 29.3 Å². The molecule has 2 amide bonds. The van der Waals surface area contributed by atoms with Gasteiger partial charge >= 0.3 is 6.03 Å². The molecule has 1 aromatic rings. The zero-order valence-corrected chi connectivity index (χ0v) is 10.9. The van der Waals surface area contributed by atoms with Gasteiger partial charge in [0, 0.05) is 0 Å². The molecule has 1 saturated carbocycles. The Morgan fingerprint density at radius 1 is 1.17 bits per heavy atom. The van der Waals surface area contributed by atoms with E-state index in [1.807, 2.05) is 6.07 Å². The van der Waals surface area contributed by atoms with Crippen molar-refractivity contribution in [2.45, 2.75) is 45.2 Å².